The molecule has 0 N–H and O–H groups in total. The second-order valence-corrected chi connectivity index (χ2v) is 2.49. The number of hydrogen-bond acceptors (Lipinski definition) is 2. The van der Waals surface area contributed by atoms with Crippen LogP contribution in [0.3, 0.4) is 0 Å². The number of anilines is 1. The normalized spacial score (nSPS) is 9.08. The van der Waals surface area contributed by atoms with E-state index in [-0.39, 0.29) is 5.82 Å². The van der Waals surface area contributed by atoms with Crippen molar-refractivity contribution >= 4 is 5.69 Å². The molecule has 0 atom stereocenters. The summed E-state index contributed by atoms with van der Waals surface area (Å²) in [5.41, 5.74) is 0.845. The van der Waals surface area contributed by atoms with Gasteiger partial charge in [-0.25, -0.2) is 4.39 Å². The van der Waals surface area contributed by atoms with E-state index < -0.39 is 0 Å². The van der Waals surface area contributed by atoms with Gasteiger partial charge in [-0.2, -0.15) is 5.26 Å². The molecular formula is C9H9FN2. The molecule has 0 saturated heterocycles. The van der Waals surface area contributed by atoms with Crippen LogP contribution >= 0.6 is 0 Å². The molecule has 0 radical (unpaired) electrons. The maximum Gasteiger partial charge on any atom is 0.123 e. The summed E-state index contributed by atoms with van der Waals surface area (Å²) < 4.78 is 12.5. The van der Waals surface area contributed by atoms with E-state index in [1.807, 2.05) is 6.07 Å². The molecule has 0 aliphatic rings. The molecule has 12 heavy (non-hydrogen) atoms. The molecule has 62 valence electrons. The van der Waals surface area contributed by atoms with E-state index >= 15 is 0 Å². The first-order valence-electron chi connectivity index (χ1n) is 3.57. The Balaban J connectivity index is 2.76. The zero-order chi connectivity index (χ0) is 8.97. The molecule has 0 fully saturated rings. The SMILES string of the molecule is CN(CC#N)c1ccc(F)cc1. The molecule has 0 aromatic heterocycles. The van der Waals surface area contributed by atoms with Crippen LogP contribution in [0.15, 0.2) is 24.3 Å². The van der Waals surface area contributed by atoms with Gasteiger partial charge in [-0.15, -0.1) is 0 Å². The van der Waals surface area contributed by atoms with Crippen LogP contribution in [-0.2, 0) is 0 Å². The maximum atomic E-state index is 12.5. The minimum atomic E-state index is -0.260. The van der Waals surface area contributed by atoms with Gasteiger partial charge in [-0.05, 0) is 24.3 Å². The quantitative estimate of drug-likeness (QED) is 0.623. The third kappa shape index (κ3) is 1.96. The summed E-state index contributed by atoms with van der Waals surface area (Å²) in [7, 11) is 1.79. The average Bonchev–Trinajstić information content (AvgIpc) is 2.06. The Kier molecular flexibility index (Phi) is 2.65. The smallest absolute Gasteiger partial charge is 0.123 e. The van der Waals surface area contributed by atoms with Crippen molar-refractivity contribution < 1.29 is 4.39 Å². The second kappa shape index (κ2) is 3.72. The van der Waals surface area contributed by atoms with Gasteiger partial charge >= 0.3 is 0 Å². The van der Waals surface area contributed by atoms with E-state index in [2.05, 4.69) is 0 Å². The van der Waals surface area contributed by atoms with Crippen LogP contribution in [0.5, 0.6) is 0 Å². The summed E-state index contributed by atoms with van der Waals surface area (Å²) in [5, 5.41) is 8.39. The number of nitriles is 1. The lowest BCUT2D eigenvalue weighted by atomic mass is 10.3. The van der Waals surface area contributed by atoms with Crippen molar-refractivity contribution in [2.75, 3.05) is 18.5 Å². The molecule has 0 aliphatic heterocycles. The second-order valence-electron chi connectivity index (χ2n) is 2.49. The van der Waals surface area contributed by atoms with E-state index in [0.717, 1.165) is 5.69 Å². The standard InChI is InChI=1S/C9H9FN2/c1-12(7-6-11)9-4-2-8(10)3-5-9/h2-5H,7H2,1H3. The molecular weight excluding hydrogens is 155 g/mol. The highest BCUT2D eigenvalue weighted by Crippen LogP contribution is 2.11. The fraction of sp³-hybridized carbons (Fsp3) is 0.222. The number of rotatable bonds is 2. The molecule has 2 nitrogen and oxygen atoms in total. The molecule has 0 heterocycles. The molecule has 3 heteroatoms. The lowest BCUT2D eigenvalue weighted by Crippen LogP contribution is -2.16. The first-order valence-corrected chi connectivity index (χ1v) is 3.57. The van der Waals surface area contributed by atoms with Gasteiger partial charge in [0.25, 0.3) is 0 Å². The van der Waals surface area contributed by atoms with Gasteiger partial charge in [0.15, 0.2) is 0 Å². The van der Waals surface area contributed by atoms with Gasteiger partial charge in [0, 0.05) is 12.7 Å². The Bertz CT molecular complexity index is 286. The molecule has 1 aromatic carbocycles. The van der Waals surface area contributed by atoms with E-state index in [1.54, 1.807) is 24.1 Å². The predicted molar refractivity (Wildman–Crippen MR) is 45.3 cm³/mol. The van der Waals surface area contributed by atoms with Gasteiger partial charge in [-0.1, -0.05) is 0 Å². The predicted octanol–water partition coefficient (Wildman–Crippen LogP) is 1.79. The van der Waals surface area contributed by atoms with Gasteiger partial charge in [-0.3, -0.25) is 0 Å². The Morgan fingerprint density at radius 3 is 2.50 bits per heavy atom. The number of nitrogens with zero attached hydrogens (tertiary/aromatic N) is 2. The highest BCUT2D eigenvalue weighted by Gasteiger charge is 1.98. The summed E-state index contributed by atoms with van der Waals surface area (Å²) in [4.78, 5) is 1.75. The minimum absolute atomic E-state index is 0.260. The lowest BCUT2D eigenvalue weighted by Gasteiger charge is -2.14. The van der Waals surface area contributed by atoms with Crippen LogP contribution in [-0.4, -0.2) is 13.6 Å². The summed E-state index contributed by atoms with van der Waals surface area (Å²) in [6.07, 6.45) is 0. The Morgan fingerprint density at radius 2 is 2.00 bits per heavy atom. The zero-order valence-electron chi connectivity index (χ0n) is 6.79. The molecule has 1 rings (SSSR count). The van der Waals surface area contributed by atoms with Crippen LogP contribution in [0, 0.1) is 17.1 Å². The summed E-state index contributed by atoms with van der Waals surface area (Å²) >= 11 is 0. The average molecular weight is 164 g/mol. The van der Waals surface area contributed by atoms with Gasteiger partial charge in [0.05, 0.1) is 6.07 Å². The monoisotopic (exact) mass is 164 g/mol. The maximum absolute atomic E-state index is 12.5. The molecule has 0 saturated carbocycles. The van der Waals surface area contributed by atoms with E-state index in [9.17, 15) is 4.39 Å². The third-order valence-electron chi connectivity index (χ3n) is 1.58. The molecule has 0 bridgehead atoms. The number of benzene rings is 1. The van der Waals surface area contributed by atoms with Crippen molar-refractivity contribution in [2.45, 2.75) is 0 Å². The number of halogens is 1. The van der Waals surface area contributed by atoms with Crippen molar-refractivity contribution in [1.29, 1.82) is 5.26 Å². The number of hydrogen-bond donors (Lipinski definition) is 0. The van der Waals surface area contributed by atoms with Gasteiger partial charge in [0.1, 0.15) is 12.4 Å². The van der Waals surface area contributed by atoms with Crippen molar-refractivity contribution in [3.05, 3.63) is 30.1 Å². The Labute approximate surface area is 70.8 Å². The summed E-state index contributed by atoms with van der Waals surface area (Å²) in [6, 6.07) is 8.06. The largest absolute Gasteiger partial charge is 0.361 e. The van der Waals surface area contributed by atoms with Crippen LogP contribution in [0.25, 0.3) is 0 Å². The molecule has 0 amide bonds. The summed E-state index contributed by atoms with van der Waals surface area (Å²) in [6.45, 7) is 0.311. The van der Waals surface area contributed by atoms with Crippen LogP contribution in [0.2, 0.25) is 0 Å². The third-order valence-corrected chi connectivity index (χ3v) is 1.58. The highest BCUT2D eigenvalue weighted by atomic mass is 19.1. The van der Waals surface area contributed by atoms with Crippen LogP contribution < -0.4 is 4.90 Å². The first kappa shape index (κ1) is 8.54. The van der Waals surface area contributed by atoms with Crippen LogP contribution in [0.1, 0.15) is 0 Å². The van der Waals surface area contributed by atoms with Gasteiger partial charge in [0.2, 0.25) is 0 Å². The van der Waals surface area contributed by atoms with Gasteiger partial charge < -0.3 is 4.90 Å². The molecule has 0 unspecified atom stereocenters. The Hall–Kier alpha value is -1.56. The minimum Gasteiger partial charge on any atom is -0.361 e. The topological polar surface area (TPSA) is 27.0 Å². The Morgan fingerprint density at radius 1 is 1.42 bits per heavy atom. The molecule has 0 spiro atoms. The van der Waals surface area contributed by atoms with E-state index in [4.69, 9.17) is 5.26 Å². The van der Waals surface area contributed by atoms with Crippen molar-refractivity contribution in [3.8, 4) is 6.07 Å². The van der Waals surface area contributed by atoms with Crippen molar-refractivity contribution in [2.24, 2.45) is 0 Å². The first-order chi connectivity index (χ1) is 5.74. The van der Waals surface area contributed by atoms with Crippen molar-refractivity contribution in [1.82, 2.24) is 0 Å². The molecule has 0 aliphatic carbocycles. The van der Waals surface area contributed by atoms with E-state index in [1.165, 1.54) is 12.1 Å². The van der Waals surface area contributed by atoms with Crippen molar-refractivity contribution in [3.63, 3.8) is 0 Å². The molecule has 1 aromatic rings. The summed E-state index contributed by atoms with van der Waals surface area (Å²) in [5.74, 6) is -0.260. The zero-order valence-corrected chi connectivity index (χ0v) is 6.79. The van der Waals surface area contributed by atoms with Crippen LogP contribution in [0.4, 0.5) is 10.1 Å². The fourth-order valence-corrected chi connectivity index (χ4v) is 0.893. The fourth-order valence-electron chi connectivity index (χ4n) is 0.893. The lowest BCUT2D eigenvalue weighted by molar-refractivity contribution is 0.628. The van der Waals surface area contributed by atoms with E-state index in [0.29, 0.717) is 6.54 Å². The highest BCUT2D eigenvalue weighted by molar-refractivity contribution is 5.46.